The van der Waals surface area contributed by atoms with Crippen molar-refractivity contribution < 1.29 is 21.6 Å². The van der Waals surface area contributed by atoms with Crippen LogP contribution in [0.2, 0.25) is 10.0 Å². The number of benzene rings is 2. The summed E-state index contributed by atoms with van der Waals surface area (Å²) < 4.78 is 53.0. The molecule has 2 aromatic carbocycles. The SMILES string of the molecule is CC(C(=O)Nc1ccc(S(=O)(=O)Nc2ncccn2)cc1)N(c1cc(Cl)ccc1Cl)S(C)(=O)=O. The molecule has 0 bridgehead atoms. The highest BCUT2D eigenvalue weighted by molar-refractivity contribution is 7.92. The summed E-state index contributed by atoms with van der Waals surface area (Å²) in [6, 6.07) is 9.87. The van der Waals surface area contributed by atoms with Crippen LogP contribution >= 0.6 is 23.2 Å². The fourth-order valence-corrected chi connectivity index (χ4v) is 5.49. The van der Waals surface area contributed by atoms with Crippen molar-refractivity contribution in [3.63, 3.8) is 0 Å². The van der Waals surface area contributed by atoms with Crippen LogP contribution in [0.1, 0.15) is 6.92 Å². The minimum Gasteiger partial charge on any atom is -0.324 e. The number of nitrogens with zero attached hydrogens (tertiary/aromatic N) is 3. The van der Waals surface area contributed by atoms with E-state index in [0.717, 1.165) is 10.6 Å². The van der Waals surface area contributed by atoms with Gasteiger partial charge in [0.05, 0.1) is 21.9 Å². The van der Waals surface area contributed by atoms with Crippen LogP contribution in [-0.2, 0) is 24.8 Å². The molecular formula is C20H19Cl2N5O5S2. The summed E-state index contributed by atoms with van der Waals surface area (Å²) >= 11 is 12.1. The Morgan fingerprint density at radius 2 is 1.62 bits per heavy atom. The van der Waals surface area contributed by atoms with E-state index in [1.165, 1.54) is 61.8 Å². The van der Waals surface area contributed by atoms with Gasteiger partial charge in [0.1, 0.15) is 6.04 Å². The van der Waals surface area contributed by atoms with E-state index in [4.69, 9.17) is 23.2 Å². The summed E-state index contributed by atoms with van der Waals surface area (Å²) in [6.07, 6.45) is 3.72. The third-order valence-electron chi connectivity index (χ3n) is 4.46. The van der Waals surface area contributed by atoms with E-state index in [0.29, 0.717) is 0 Å². The van der Waals surface area contributed by atoms with Gasteiger partial charge in [0, 0.05) is 23.1 Å². The molecule has 1 unspecified atom stereocenters. The number of carbonyl (C=O) groups is 1. The van der Waals surface area contributed by atoms with Gasteiger partial charge in [-0.05, 0) is 55.5 Å². The first-order chi connectivity index (χ1) is 15.9. The highest BCUT2D eigenvalue weighted by atomic mass is 35.5. The van der Waals surface area contributed by atoms with E-state index in [2.05, 4.69) is 20.0 Å². The molecule has 1 atom stereocenters. The highest BCUT2D eigenvalue weighted by Crippen LogP contribution is 2.32. The van der Waals surface area contributed by atoms with Crippen LogP contribution in [0.3, 0.4) is 0 Å². The lowest BCUT2D eigenvalue weighted by atomic mass is 10.2. The van der Waals surface area contributed by atoms with Gasteiger partial charge < -0.3 is 5.32 Å². The molecule has 180 valence electrons. The van der Waals surface area contributed by atoms with Crippen molar-refractivity contribution in [3.05, 3.63) is 71.0 Å². The zero-order valence-electron chi connectivity index (χ0n) is 17.8. The minimum atomic E-state index is -3.95. The van der Waals surface area contributed by atoms with E-state index in [1.807, 2.05) is 0 Å². The first kappa shape index (κ1) is 25.7. The number of anilines is 3. The van der Waals surface area contributed by atoms with E-state index >= 15 is 0 Å². The lowest BCUT2D eigenvalue weighted by Gasteiger charge is -2.29. The second kappa shape index (κ2) is 10.1. The molecule has 0 aliphatic heterocycles. The Balaban J connectivity index is 1.79. The first-order valence-electron chi connectivity index (χ1n) is 9.54. The monoisotopic (exact) mass is 543 g/mol. The Hall–Kier alpha value is -2.93. The van der Waals surface area contributed by atoms with Crippen molar-refractivity contribution in [1.82, 2.24) is 9.97 Å². The number of nitrogens with one attached hydrogen (secondary N) is 2. The molecule has 0 spiro atoms. The Kier molecular flexibility index (Phi) is 7.66. The Morgan fingerprint density at radius 3 is 2.21 bits per heavy atom. The maximum absolute atomic E-state index is 12.9. The van der Waals surface area contributed by atoms with Crippen molar-refractivity contribution >= 4 is 66.5 Å². The standard InChI is InChI=1S/C20H19Cl2N5O5S2/c1-13(27(33(2,29)30)18-12-14(21)4-9-17(18)22)19(28)25-15-5-7-16(8-6-15)34(31,32)26-20-23-10-3-11-24-20/h3-13H,1-2H3,(H,25,28)(H,23,24,26). The second-order valence-electron chi connectivity index (χ2n) is 7.02. The molecule has 34 heavy (non-hydrogen) atoms. The van der Waals surface area contributed by atoms with Gasteiger partial charge in [0.15, 0.2) is 0 Å². The van der Waals surface area contributed by atoms with Gasteiger partial charge in [-0.15, -0.1) is 0 Å². The van der Waals surface area contributed by atoms with Crippen molar-refractivity contribution in [2.24, 2.45) is 0 Å². The van der Waals surface area contributed by atoms with Crippen molar-refractivity contribution in [1.29, 1.82) is 0 Å². The fourth-order valence-electron chi connectivity index (χ4n) is 2.93. The number of rotatable bonds is 8. The van der Waals surface area contributed by atoms with Crippen LogP contribution in [-0.4, -0.2) is 45.0 Å². The third kappa shape index (κ3) is 6.14. The number of sulfonamides is 2. The van der Waals surface area contributed by atoms with Crippen LogP contribution in [0.15, 0.2) is 65.8 Å². The first-order valence-corrected chi connectivity index (χ1v) is 13.6. The molecule has 0 aliphatic carbocycles. The topological polar surface area (TPSA) is 138 Å². The zero-order valence-corrected chi connectivity index (χ0v) is 21.0. The molecule has 0 fully saturated rings. The Morgan fingerprint density at radius 1 is 1.00 bits per heavy atom. The predicted octanol–water partition coefficient (Wildman–Crippen LogP) is 3.38. The number of aromatic nitrogens is 2. The number of halogens is 2. The fraction of sp³-hybridized carbons (Fsp3) is 0.150. The lowest BCUT2D eigenvalue weighted by Crippen LogP contribution is -2.45. The van der Waals surface area contributed by atoms with Crippen molar-refractivity contribution in [2.45, 2.75) is 17.9 Å². The quantitative estimate of drug-likeness (QED) is 0.443. The average Bonchev–Trinajstić information content (AvgIpc) is 2.76. The predicted molar refractivity (Wildman–Crippen MR) is 131 cm³/mol. The van der Waals surface area contributed by atoms with Crippen molar-refractivity contribution in [2.75, 3.05) is 20.6 Å². The zero-order chi connectivity index (χ0) is 25.1. The smallest absolute Gasteiger partial charge is 0.264 e. The lowest BCUT2D eigenvalue weighted by molar-refractivity contribution is -0.116. The summed E-state index contributed by atoms with van der Waals surface area (Å²) in [4.78, 5) is 20.4. The largest absolute Gasteiger partial charge is 0.324 e. The van der Waals surface area contributed by atoms with E-state index in [-0.39, 0.29) is 32.3 Å². The molecule has 0 aliphatic rings. The van der Waals surface area contributed by atoms with Crippen LogP contribution in [0.25, 0.3) is 0 Å². The van der Waals surface area contributed by atoms with Gasteiger partial charge >= 0.3 is 0 Å². The van der Waals surface area contributed by atoms with Gasteiger partial charge in [0.2, 0.25) is 21.9 Å². The molecule has 0 radical (unpaired) electrons. The maximum atomic E-state index is 12.9. The molecule has 14 heteroatoms. The second-order valence-corrected chi connectivity index (χ2v) is 11.4. The number of hydrogen-bond acceptors (Lipinski definition) is 7. The van der Waals surface area contributed by atoms with Crippen LogP contribution in [0.4, 0.5) is 17.3 Å². The third-order valence-corrected chi connectivity index (χ3v) is 7.58. The summed E-state index contributed by atoms with van der Waals surface area (Å²) in [6.45, 7) is 1.39. The van der Waals surface area contributed by atoms with Gasteiger partial charge in [-0.1, -0.05) is 23.2 Å². The van der Waals surface area contributed by atoms with E-state index in [9.17, 15) is 21.6 Å². The average molecular weight is 544 g/mol. The molecule has 1 heterocycles. The summed E-state index contributed by atoms with van der Waals surface area (Å²) in [7, 11) is -7.87. The van der Waals surface area contributed by atoms with Gasteiger partial charge in [-0.25, -0.2) is 31.5 Å². The molecular weight excluding hydrogens is 525 g/mol. The summed E-state index contributed by atoms with van der Waals surface area (Å²) in [5.41, 5.74) is 0.298. The molecule has 10 nitrogen and oxygen atoms in total. The number of amides is 1. The molecule has 1 amide bonds. The van der Waals surface area contributed by atoms with Crippen molar-refractivity contribution in [3.8, 4) is 0 Å². The molecule has 2 N–H and O–H groups in total. The molecule has 1 aromatic heterocycles. The van der Waals surface area contributed by atoms with Crippen LogP contribution in [0, 0.1) is 0 Å². The number of hydrogen-bond donors (Lipinski definition) is 2. The molecule has 3 aromatic rings. The molecule has 3 rings (SSSR count). The number of carbonyl (C=O) groups excluding carboxylic acids is 1. The summed E-state index contributed by atoms with van der Waals surface area (Å²) in [5.74, 6) is -0.762. The molecule has 0 saturated heterocycles. The summed E-state index contributed by atoms with van der Waals surface area (Å²) in [5, 5.41) is 2.90. The van der Waals surface area contributed by atoms with Gasteiger partial charge in [0.25, 0.3) is 10.0 Å². The highest BCUT2D eigenvalue weighted by Gasteiger charge is 2.31. The minimum absolute atomic E-state index is 0.0509. The van der Waals surface area contributed by atoms with E-state index < -0.39 is 32.0 Å². The van der Waals surface area contributed by atoms with Crippen LogP contribution < -0.4 is 14.3 Å². The van der Waals surface area contributed by atoms with Crippen LogP contribution in [0.5, 0.6) is 0 Å². The molecule has 0 saturated carbocycles. The Labute approximate surface area is 207 Å². The van der Waals surface area contributed by atoms with E-state index in [1.54, 1.807) is 6.07 Å². The van der Waals surface area contributed by atoms with Gasteiger partial charge in [-0.2, -0.15) is 0 Å². The normalized spacial score (nSPS) is 12.6. The Bertz CT molecular complexity index is 1400. The maximum Gasteiger partial charge on any atom is 0.264 e. The van der Waals surface area contributed by atoms with Gasteiger partial charge in [-0.3, -0.25) is 9.10 Å².